The molecular weight excluding hydrogens is 279 g/mol. The van der Waals surface area contributed by atoms with Crippen LogP contribution < -0.4 is 4.74 Å². The number of aryl methyl sites for hydroxylation is 1. The Bertz CT molecular complexity index is 680. The van der Waals surface area contributed by atoms with Crippen molar-refractivity contribution in [2.45, 2.75) is 13.8 Å². The molecule has 2 nitrogen and oxygen atoms in total. The first-order chi connectivity index (χ1) is 9.45. The van der Waals surface area contributed by atoms with Crippen LogP contribution in [0.25, 0.3) is 0 Å². The molecule has 0 atom stereocenters. The summed E-state index contributed by atoms with van der Waals surface area (Å²) >= 11 is 5.94. The molecule has 2 aromatic carbocycles. The van der Waals surface area contributed by atoms with Crippen LogP contribution in [0.3, 0.4) is 0 Å². The van der Waals surface area contributed by atoms with Crippen molar-refractivity contribution in [1.82, 2.24) is 0 Å². The number of benzene rings is 2. The summed E-state index contributed by atoms with van der Waals surface area (Å²) in [6.45, 7) is 3.83. The molecule has 0 aliphatic rings. The summed E-state index contributed by atoms with van der Waals surface area (Å²) in [7, 11) is 1.52. The molecule has 0 fully saturated rings. The van der Waals surface area contributed by atoms with Crippen LogP contribution in [0.2, 0.25) is 5.02 Å². The van der Waals surface area contributed by atoms with Gasteiger partial charge in [0.05, 0.1) is 17.7 Å². The van der Waals surface area contributed by atoms with Gasteiger partial charge in [0, 0.05) is 5.56 Å². The Kier molecular flexibility index (Phi) is 4.09. The highest BCUT2D eigenvalue weighted by Gasteiger charge is 2.19. The van der Waals surface area contributed by atoms with Gasteiger partial charge in [-0.2, -0.15) is 0 Å². The van der Waals surface area contributed by atoms with Crippen LogP contribution in [0, 0.1) is 19.7 Å². The minimum atomic E-state index is -0.474. The third-order valence-corrected chi connectivity index (χ3v) is 3.61. The van der Waals surface area contributed by atoms with Crippen LogP contribution >= 0.6 is 11.6 Å². The average Bonchev–Trinajstić information content (AvgIpc) is 2.41. The Morgan fingerprint density at radius 2 is 1.80 bits per heavy atom. The molecule has 0 unspecified atom stereocenters. The van der Waals surface area contributed by atoms with E-state index in [0.717, 1.165) is 17.2 Å². The van der Waals surface area contributed by atoms with Crippen molar-refractivity contribution in [1.29, 1.82) is 0 Å². The third kappa shape index (κ3) is 2.54. The molecule has 0 bridgehead atoms. The van der Waals surface area contributed by atoms with Crippen molar-refractivity contribution in [3.05, 3.63) is 63.4 Å². The molecular formula is C16H14ClFO2. The normalized spacial score (nSPS) is 10.4. The number of rotatable bonds is 3. The molecule has 2 rings (SSSR count). The fraction of sp³-hybridized carbons (Fsp3) is 0.188. The zero-order chi connectivity index (χ0) is 14.9. The van der Waals surface area contributed by atoms with Crippen molar-refractivity contribution in [3.8, 4) is 5.75 Å². The molecule has 0 aliphatic carbocycles. The Morgan fingerprint density at radius 1 is 1.15 bits per heavy atom. The monoisotopic (exact) mass is 292 g/mol. The summed E-state index contributed by atoms with van der Waals surface area (Å²) in [5, 5.41) is 0.0929. The molecule has 0 amide bonds. The first-order valence-electron chi connectivity index (χ1n) is 6.09. The van der Waals surface area contributed by atoms with E-state index in [0.29, 0.717) is 11.3 Å². The van der Waals surface area contributed by atoms with Crippen molar-refractivity contribution in [2.75, 3.05) is 7.11 Å². The molecule has 0 aromatic heterocycles. The third-order valence-electron chi connectivity index (χ3n) is 3.30. The van der Waals surface area contributed by atoms with Crippen LogP contribution in [0.4, 0.5) is 4.39 Å². The van der Waals surface area contributed by atoms with E-state index < -0.39 is 5.82 Å². The molecule has 0 spiro atoms. The second-order valence-electron chi connectivity index (χ2n) is 4.54. The number of carbonyl (C=O) groups is 1. The molecule has 0 saturated heterocycles. The summed E-state index contributed by atoms with van der Waals surface area (Å²) < 4.78 is 18.4. The summed E-state index contributed by atoms with van der Waals surface area (Å²) in [5.74, 6) is -0.232. The molecule has 20 heavy (non-hydrogen) atoms. The van der Waals surface area contributed by atoms with Crippen molar-refractivity contribution >= 4 is 17.4 Å². The summed E-state index contributed by atoms with van der Waals surface area (Å²) in [6, 6.07) is 7.27. The number of halogens is 2. The largest absolute Gasteiger partial charge is 0.496 e. The maximum absolute atomic E-state index is 13.1. The highest BCUT2D eigenvalue weighted by Crippen LogP contribution is 2.30. The SMILES string of the molecule is COc1c(C(=O)c2ccc(F)cc2Cl)ccc(C)c1C. The summed E-state index contributed by atoms with van der Waals surface area (Å²) in [4.78, 5) is 12.5. The lowest BCUT2D eigenvalue weighted by Gasteiger charge is -2.13. The highest BCUT2D eigenvalue weighted by atomic mass is 35.5. The molecule has 4 heteroatoms. The van der Waals surface area contributed by atoms with E-state index in [9.17, 15) is 9.18 Å². The van der Waals surface area contributed by atoms with E-state index in [-0.39, 0.29) is 16.4 Å². The van der Waals surface area contributed by atoms with Gasteiger partial charge in [-0.05, 0) is 49.2 Å². The van der Waals surface area contributed by atoms with Gasteiger partial charge in [-0.25, -0.2) is 4.39 Å². The number of methoxy groups -OCH3 is 1. The van der Waals surface area contributed by atoms with E-state index in [1.165, 1.54) is 19.2 Å². The smallest absolute Gasteiger partial charge is 0.198 e. The van der Waals surface area contributed by atoms with Gasteiger partial charge in [0.1, 0.15) is 11.6 Å². The molecule has 2 aromatic rings. The second-order valence-corrected chi connectivity index (χ2v) is 4.95. The zero-order valence-corrected chi connectivity index (χ0v) is 12.2. The quantitative estimate of drug-likeness (QED) is 0.787. The van der Waals surface area contributed by atoms with Gasteiger partial charge in [-0.15, -0.1) is 0 Å². The molecule has 0 saturated carbocycles. The second kappa shape index (κ2) is 5.63. The number of ether oxygens (including phenoxy) is 1. The first kappa shape index (κ1) is 14.5. The predicted molar refractivity (Wildman–Crippen MR) is 77.3 cm³/mol. The van der Waals surface area contributed by atoms with E-state index in [1.54, 1.807) is 6.07 Å². The predicted octanol–water partition coefficient (Wildman–Crippen LogP) is 4.34. The maximum Gasteiger partial charge on any atom is 0.198 e. The Hall–Kier alpha value is -1.87. The molecule has 0 aliphatic heterocycles. The van der Waals surface area contributed by atoms with Crippen LogP contribution in [-0.2, 0) is 0 Å². The van der Waals surface area contributed by atoms with E-state index in [1.807, 2.05) is 19.9 Å². The van der Waals surface area contributed by atoms with Crippen molar-refractivity contribution in [3.63, 3.8) is 0 Å². The van der Waals surface area contributed by atoms with Gasteiger partial charge in [0.2, 0.25) is 0 Å². The summed E-state index contributed by atoms with van der Waals surface area (Å²) in [5.41, 5.74) is 2.61. The van der Waals surface area contributed by atoms with Gasteiger partial charge in [-0.3, -0.25) is 4.79 Å². The van der Waals surface area contributed by atoms with Crippen LogP contribution in [0.1, 0.15) is 27.0 Å². The number of ketones is 1. The standard InChI is InChI=1S/C16H14ClFO2/c1-9-4-6-13(16(20-3)10(9)2)15(19)12-7-5-11(18)8-14(12)17/h4-8H,1-3H3. The Morgan fingerprint density at radius 3 is 2.40 bits per heavy atom. The fourth-order valence-electron chi connectivity index (χ4n) is 2.05. The van der Waals surface area contributed by atoms with E-state index >= 15 is 0 Å². The number of carbonyl (C=O) groups excluding carboxylic acids is 1. The average molecular weight is 293 g/mol. The molecule has 104 valence electrons. The lowest BCUT2D eigenvalue weighted by Crippen LogP contribution is -2.06. The zero-order valence-electron chi connectivity index (χ0n) is 11.5. The van der Waals surface area contributed by atoms with Crippen molar-refractivity contribution < 1.29 is 13.9 Å². The lowest BCUT2D eigenvalue weighted by molar-refractivity contribution is 0.103. The van der Waals surface area contributed by atoms with E-state index in [2.05, 4.69) is 0 Å². The van der Waals surface area contributed by atoms with Crippen LogP contribution in [0.5, 0.6) is 5.75 Å². The van der Waals surface area contributed by atoms with Gasteiger partial charge in [0.15, 0.2) is 5.78 Å². The molecule has 0 radical (unpaired) electrons. The van der Waals surface area contributed by atoms with E-state index in [4.69, 9.17) is 16.3 Å². The molecule has 0 heterocycles. The fourth-order valence-corrected chi connectivity index (χ4v) is 2.30. The first-order valence-corrected chi connectivity index (χ1v) is 6.47. The van der Waals surface area contributed by atoms with Gasteiger partial charge in [-0.1, -0.05) is 17.7 Å². The van der Waals surface area contributed by atoms with Crippen molar-refractivity contribution in [2.24, 2.45) is 0 Å². The van der Waals surface area contributed by atoms with Gasteiger partial charge < -0.3 is 4.74 Å². The van der Waals surface area contributed by atoms with Gasteiger partial charge >= 0.3 is 0 Å². The van der Waals surface area contributed by atoms with Crippen LogP contribution in [0.15, 0.2) is 30.3 Å². The summed E-state index contributed by atoms with van der Waals surface area (Å²) in [6.07, 6.45) is 0. The highest BCUT2D eigenvalue weighted by molar-refractivity contribution is 6.35. The Labute approximate surface area is 122 Å². The molecule has 0 N–H and O–H groups in total. The minimum absolute atomic E-state index is 0.0929. The minimum Gasteiger partial charge on any atom is -0.496 e. The number of hydrogen-bond acceptors (Lipinski definition) is 2. The number of hydrogen-bond donors (Lipinski definition) is 0. The lowest BCUT2D eigenvalue weighted by atomic mass is 9.97. The van der Waals surface area contributed by atoms with Gasteiger partial charge in [0.25, 0.3) is 0 Å². The van der Waals surface area contributed by atoms with Crippen LogP contribution in [-0.4, -0.2) is 12.9 Å². The Balaban J connectivity index is 2.56. The topological polar surface area (TPSA) is 26.3 Å². The maximum atomic E-state index is 13.1.